The van der Waals surface area contributed by atoms with Gasteiger partial charge in [-0.3, -0.25) is 29.4 Å². The molecular formula is C21H20ClN3O6. The van der Waals surface area contributed by atoms with E-state index in [2.05, 4.69) is 5.32 Å². The summed E-state index contributed by atoms with van der Waals surface area (Å²) in [6, 6.07) is 8.64. The number of hydrogen-bond acceptors (Lipinski definition) is 6. The van der Waals surface area contributed by atoms with E-state index in [-0.39, 0.29) is 28.7 Å². The van der Waals surface area contributed by atoms with Crippen LogP contribution in [0.5, 0.6) is 5.75 Å². The maximum absolute atomic E-state index is 12.7. The van der Waals surface area contributed by atoms with Gasteiger partial charge in [-0.15, -0.1) is 0 Å². The molecule has 2 aromatic rings. The summed E-state index contributed by atoms with van der Waals surface area (Å²) >= 11 is 5.79. The molecule has 2 amide bonds. The number of benzene rings is 2. The predicted molar refractivity (Wildman–Crippen MR) is 115 cm³/mol. The van der Waals surface area contributed by atoms with Crippen molar-refractivity contribution < 1.29 is 24.0 Å². The van der Waals surface area contributed by atoms with Crippen LogP contribution in [0.2, 0.25) is 5.02 Å². The van der Waals surface area contributed by atoms with Gasteiger partial charge < -0.3 is 10.1 Å². The number of carbonyl (C=O) groups is 3. The second-order valence-electron chi connectivity index (χ2n) is 7.01. The summed E-state index contributed by atoms with van der Waals surface area (Å²) in [4.78, 5) is 49.2. The number of nitrogens with zero attached hydrogens (tertiary/aromatic N) is 2. The summed E-state index contributed by atoms with van der Waals surface area (Å²) in [5.41, 5.74) is 0.564. The molecule has 0 radical (unpaired) electrons. The molecular weight excluding hydrogens is 426 g/mol. The number of fused-ring (bicyclic) bond motifs is 1. The average Bonchev–Trinajstić information content (AvgIpc) is 2.72. The average molecular weight is 446 g/mol. The van der Waals surface area contributed by atoms with Crippen LogP contribution < -0.4 is 15.0 Å². The van der Waals surface area contributed by atoms with Gasteiger partial charge in [-0.25, -0.2) is 0 Å². The number of amides is 2. The smallest absolute Gasteiger partial charge is 0.289 e. The SMILES string of the molecule is CCCC(=O)c1ccc2c(c1)N(CC(=O)Nc1ccc(Cl)c([N+](=O)[O-])c1)C(=O)C(C)O2. The maximum Gasteiger partial charge on any atom is 0.289 e. The number of nitrogens with one attached hydrogen (secondary N) is 1. The van der Waals surface area contributed by atoms with Crippen molar-refractivity contribution in [2.75, 3.05) is 16.8 Å². The van der Waals surface area contributed by atoms with Crippen LogP contribution in [-0.4, -0.2) is 35.2 Å². The zero-order valence-corrected chi connectivity index (χ0v) is 17.6. The molecule has 0 aromatic heterocycles. The van der Waals surface area contributed by atoms with E-state index in [0.29, 0.717) is 29.8 Å². The first-order valence-corrected chi connectivity index (χ1v) is 9.98. The second kappa shape index (κ2) is 9.13. The van der Waals surface area contributed by atoms with Crippen LogP contribution in [0, 0.1) is 10.1 Å². The van der Waals surface area contributed by atoms with E-state index in [4.69, 9.17) is 16.3 Å². The Morgan fingerprint density at radius 2 is 2.00 bits per heavy atom. The van der Waals surface area contributed by atoms with Gasteiger partial charge in [-0.1, -0.05) is 18.5 Å². The van der Waals surface area contributed by atoms with Gasteiger partial charge in [0.2, 0.25) is 5.91 Å². The quantitative estimate of drug-likeness (QED) is 0.391. The van der Waals surface area contributed by atoms with Crippen LogP contribution in [-0.2, 0) is 9.59 Å². The number of halogens is 1. The predicted octanol–water partition coefficient (Wildman–Crippen LogP) is 3.98. The van der Waals surface area contributed by atoms with E-state index < -0.39 is 22.8 Å². The lowest BCUT2D eigenvalue weighted by Gasteiger charge is -2.32. The van der Waals surface area contributed by atoms with E-state index >= 15 is 0 Å². The molecule has 1 unspecified atom stereocenters. The Morgan fingerprint density at radius 1 is 1.26 bits per heavy atom. The molecule has 1 aliphatic rings. The zero-order valence-electron chi connectivity index (χ0n) is 16.9. The number of ketones is 1. The normalized spacial score (nSPS) is 15.1. The Hall–Kier alpha value is -3.46. The molecule has 2 aromatic carbocycles. The summed E-state index contributed by atoms with van der Waals surface area (Å²) in [7, 11) is 0. The van der Waals surface area contributed by atoms with E-state index in [0.717, 1.165) is 6.07 Å². The summed E-state index contributed by atoms with van der Waals surface area (Å²) < 4.78 is 5.60. The highest BCUT2D eigenvalue weighted by Gasteiger charge is 2.33. The lowest BCUT2D eigenvalue weighted by Crippen LogP contribution is -2.47. The Kier molecular flexibility index (Phi) is 6.55. The van der Waals surface area contributed by atoms with Crippen LogP contribution in [0.15, 0.2) is 36.4 Å². The first-order valence-electron chi connectivity index (χ1n) is 9.60. The van der Waals surface area contributed by atoms with E-state index in [1.165, 1.54) is 23.1 Å². The molecule has 31 heavy (non-hydrogen) atoms. The molecule has 0 fully saturated rings. The molecule has 162 valence electrons. The first-order chi connectivity index (χ1) is 14.7. The minimum atomic E-state index is -0.811. The number of anilines is 2. The van der Waals surface area contributed by atoms with Crippen molar-refractivity contribution in [2.45, 2.75) is 32.8 Å². The van der Waals surface area contributed by atoms with E-state index in [1.54, 1.807) is 19.1 Å². The molecule has 1 heterocycles. The van der Waals surface area contributed by atoms with Crippen LogP contribution >= 0.6 is 11.6 Å². The number of hydrogen-bond donors (Lipinski definition) is 1. The highest BCUT2D eigenvalue weighted by Crippen LogP contribution is 2.35. The molecule has 10 heteroatoms. The monoisotopic (exact) mass is 445 g/mol. The van der Waals surface area contributed by atoms with Gasteiger partial charge in [0.25, 0.3) is 11.6 Å². The van der Waals surface area contributed by atoms with Crippen molar-refractivity contribution in [1.29, 1.82) is 0 Å². The summed E-state index contributed by atoms with van der Waals surface area (Å²) in [6.07, 6.45) is 0.232. The fraction of sp³-hybridized carbons (Fsp3) is 0.286. The lowest BCUT2D eigenvalue weighted by molar-refractivity contribution is -0.384. The van der Waals surface area contributed by atoms with E-state index in [1.807, 2.05) is 6.92 Å². The zero-order chi connectivity index (χ0) is 22.7. The molecule has 3 rings (SSSR count). The minimum absolute atomic E-state index is 0.0571. The van der Waals surface area contributed by atoms with Crippen molar-refractivity contribution in [3.8, 4) is 5.75 Å². The number of Topliss-reactive ketones (excluding diaryl/α,β-unsaturated/α-hetero) is 1. The molecule has 0 spiro atoms. The van der Waals surface area contributed by atoms with Gasteiger partial charge in [0.05, 0.1) is 10.6 Å². The Morgan fingerprint density at radius 3 is 2.68 bits per heavy atom. The third-order valence-corrected chi connectivity index (χ3v) is 5.01. The van der Waals surface area contributed by atoms with Crippen molar-refractivity contribution in [3.63, 3.8) is 0 Å². The molecule has 0 bridgehead atoms. The first kappa shape index (κ1) is 22.2. The molecule has 0 saturated heterocycles. The highest BCUT2D eigenvalue weighted by atomic mass is 35.5. The molecule has 9 nitrogen and oxygen atoms in total. The van der Waals surface area contributed by atoms with Gasteiger partial charge in [0, 0.05) is 23.7 Å². The van der Waals surface area contributed by atoms with Crippen LogP contribution in [0.4, 0.5) is 17.1 Å². The van der Waals surface area contributed by atoms with Gasteiger partial charge in [0.15, 0.2) is 11.9 Å². The van der Waals surface area contributed by atoms with E-state index in [9.17, 15) is 24.5 Å². The highest BCUT2D eigenvalue weighted by molar-refractivity contribution is 6.32. The lowest BCUT2D eigenvalue weighted by atomic mass is 10.0. The van der Waals surface area contributed by atoms with Gasteiger partial charge >= 0.3 is 0 Å². The number of nitro groups is 1. The maximum atomic E-state index is 12.7. The Balaban J connectivity index is 1.85. The summed E-state index contributed by atoms with van der Waals surface area (Å²) in [5, 5.41) is 13.5. The molecule has 1 atom stereocenters. The Bertz CT molecular complexity index is 1070. The fourth-order valence-corrected chi connectivity index (χ4v) is 3.38. The summed E-state index contributed by atoms with van der Waals surface area (Å²) in [5.74, 6) is -0.704. The molecule has 1 aliphatic heterocycles. The van der Waals surface area contributed by atoms with Crippen molar-refractivity contribution >= 4 is 46.3 Å². The molecule has 0 saturated carbocycles. The van der Waals surface area contributed by atoms with Crippen LogP contribution in [0.1, 0.15) is 37.0 Å². The van der Waals surface area contributed by atoms with Crippen LogP contribution in [0.25, 0.3) is 0 Å². The third kappa shape index (κ3) is 4.83. The number of carbonyl (C=O) groups excluding carboxylic acids is 3. The molecule has 1 N–H and O–H groups in total. The van der Waals surface area contributed by atoms with Gasteiger partial charge in [0.1, 0.15) is 17.3 Å². The number of nitro benzene ring substituents is 1. The van der Waals surface area contributed by atoms with Crippen molar-refractivity contribution in [1.82, 2.24) is 0 Å². The summed E-state index contributed by atoms with van der Waals surface area (Å²) in [6.45, 7) is 3.10. The Labute approximate surface area is 183 Å². The van der Waals surface area contributed by atoms with Gasteiger partial charge in [-0.05, 0) is 43.7 Å². The largest absolute Gasteiger partial charge is 0.479 e. The van der Waals surface area contributed by atoms with Gasteiger partial charge in [-0.2, -0.15) is 0 Å². The second-order valence-corrected chi connectivity index (χ2v) is 7.42. The minimum Gasteiger partial charge on any atom is -0.479 e. The number of rotatable bonds is 7. The standard InChI is InChI=1S/C21H20ClN3O6/c1-3-4-18(26)13-5-8-19-17(9-13)24(21(28)12(2)31-19)11-20(27)23-14-6-7-15(22)16(10-14)25(29)30/h5-10,12H,3-4,11H2,1-2H3,(H,23,27). The van der Waals surface area contributed by atoms with Crippen LogP contribution in [0.3, 0.4) is 0 Å². The van der Waals surface area contributed by atoms with Crippen molar-refractivity contribution in [2.24, 2.45) is 0 Å². The van der Waals surface area contributed by atoms with Crippen molar-refractivity contribution in [3.05, 3.63) is 57.1 Å². The number of ether oxygens (including phenoxy) is 1. The molecule has 0 aliphatic carbocycles. The topological polar surface area (TPSA) is 119 Å². The fourth-order valence-electron chi connectivity index (χ4n) is 3.19. The third-order valence-electron chi connectivity index (χ3n) is 4.69.